The third-order valence-electron chi connectivity index (χ3n) is 5.51. The number of nitrogens with one attached hydrogen (secondary N) is 3. The Labute approximate surface area is 260 Å². The molecular formula is C30H50N4O10. The van der Waals surface area contributed by atoms with Crippen molar-refractivity contribution in [3.05, 3.63) is 35.9 Å². The van der Waals surface area contributed by atoms with Crippen LogP contribution in [-0.2, 0) is 39.9 Å². The van der Waals surface area contributed by atoms with Crippen LogP contribution in [0.2, 0.25) is 0 Å². The molecule has 0 unspecified atom stereocenters. The number of hydrogen-bond acceptors (Lipinski definition) is 11. The van der Waals surface area contributed by atoms with Crippen molar-refractivity contribution >= 4 is 30.2 Å². The summed E-state index contributed by atoms with van der Waals surface area (Å²) in [5, 5.41) is 7.56. The Morgan fingerprint density at radius 1 is 0.682 bits per heavy atom. The molecule has 0 aliphatic rings. The lowest BCUT2D eigenvalue weighted by molar-refractivity contribution is -0.145. The highest BCUT2D eigenvalue weighted by atomic mass is 16.6. The fraction of sp³-hybridized carbons (Fsp3) is 0.633. The maximum absolute atomic E-state index is 12.2. The predicted octanol–water partition coefficient (Wildman–Crippen LogP) is 3.55. The zero-order valence-electron chi connectivity index (χ0n) is 27.9. The second kappa shape index (κ2) is 16.7. The van der Waals surface area contributed by atoms with E-state index in [-0.39, 0.29) is 6.61 Å². The van der Waals surface area contributed by atoms with E-state index in [1.807, 2.05) is 18.2 Å². The molecule has 1 rings (SSSR count). The average molecular weight is 627 g/mol. The normalized spacial score (nSPS) is 13.0. The number of carbonyl (C=O) groups is 5. The van der Waals surface area contributed by atoms with Gasteiger partial charge in [-0.3, -0.25) is 4.79 Å². The molecule has 0 aliphatic carbocycles. The van der Waals surface area contributed by atoms with Crippen LogP contribution in [0.5, 0.6) is 0 Å². The summed E-state index contributed by atoms with van der Waals surface area (Å²) >= 11 is 0. The molecule has 250 valence electrons. The van der Waals surface area contributed by atoms with Crippen molar-refractivity contribution in [2.45, 2.75) is 110 Å². The van der Waals surface area contributed by atoms with Crippen LogP contribution in [0.15, 0.2) is 30.3 Å². The first-order valence-corrected chi connectivity index (χ1v) is 13.8. The highest BCUT2D eigenvalue weighted by Gasteiger charge is 2.40. The Morgan fingerprint density at radius 3 is 1.52 bits per heavy atom. The highest BCUT2D eigenvalue weighted by Crippen LogP contribution is 2.15. The molecule has 2 atom stereocenters. The Morgan fingerprint density at radius 2 is 1.11 bits per heavy atom. The van der Waals surface area contributed by atoms with E-state index in [9.17, 15) is 24.0 Å². The zero-order valence-corrected chi connectivity index (χ0v) is 27.9. The van der Waals surface area contributed by atoms with Gasteiger partial charge in [-0.15, -0.1) is 0 Å². The maximum atomic E-state index is 12.2. The van der Waals surface area contributed by atoms with Gasteiger partial charge >= 0.3 is 30.2 Å². The van der Waals surface area contributed by atoms with Gasteiger partial charge in [0.2, 0.25) is 0 Å². The molecule has 14 heteroatoms. The molecule has 14 nitrogen and oxygen atoms in total. The lowest BCUT2D eigenvalue weighted by atomic mass is 9.94. The van der Waals surface area contributed by atoms with Gasteiger partial charge in [0.15, 0.2) is 6.04 Å². The van der Waals surface area contributed by atoms with Gasteiger partial charge in [0.1, 0.15) is 23.9 Å². The third-order valence-corrected chi connectivity index (χ3v) is 5.51. The van der Waals surface area contributed by atoms with E-state index in [2.05, 4.69) is 20.7 Å². The quantitative estimate of drug-likeness (QED) is 0.231. The number of esters is 2. The summed E-state index contributed by atoms with van der Waals surface area (Å²) in [4.78, 5) is 59.2. The van der Waals surface area contributed by atoms with Crippen LogP contribution >= 0.6 is 0 Å². The molecule has 1 aromatic rings. The number of ether oxygens (including phenoxy) is 5. The third kappa shape index (κ3) is 16.0. The van der Waals surface area contributed by atoms with Crippen LogP contribution in [0.4, 0.5) is 14.4 Å². The van der Waals surface area contributed by atoms with Crippen LogP contribution in [-0.4, -0.2) is 78.8 Å². The van der Waals surface area contributed by atoms with Gasteiger partial charge in [-0.1, -0.05) is 30.3 Å². The van der Waals surface area contributed by atoms with Crippen LogP contribution in [0.1, 0.15) is 74.8 Å². The number of hydrogen-bond donors (Lipinski definition) is 4. The number of benzene rings is 1. The minimum atomic E-state index is -1.19. The molecule has 0 aliphatic heterocycles. The first-order valence-electron chi connectivity index (χ1n) is 13.8. The number of methoxy groups -OCH3 is 2. The minimum Gasteiger partial charge on any atom is -0.468 e. The molecule has 0 radical (unpaired) electrons. The van der Waals surface area contributed by atoms with Gasteiger partial charge in [-0.2, -0.15) is 0 Å². The summed E-state index contributed by atoms with van der Waals surface area (Å²) in [5.41, 5.74) is 3.02. The molecule has 0 spiro atoms. The molecule has 3 amide bonds. The summed E-state index contributed by atoms with van der Waals surface area (Å²) in [7, 11) is 2.43. The standard InChI is InChI=1S/C19H28N2O6.C11H22N2O4/c1-18(2,3)27-17(24)21-19(4,5)14(15(22)25-6)20-16(23)26-12-13-10-8-7-9-11-13;1-10(2,3)17-9(15)13-11(4,5)7(12)8(14)16-6/h7-11,14H,12H2,1-6H3,(H,20,23)(H,21,24);7H,12H2,1-6H3,(H,13,15)/t14-;7-/m11/s1. The van der Waals surface area contributed by atoms with Crippen LogP contribution in [0, 0.1) is 0 Å². The summed E-state index contributed by atoms with van der Waals surface area (Å²) in [6, 6.07) is 6.96. The molecule has 0 fully saturated rings. The number of carbonyl (C=O) groups excluding carboxylic acids is 5. The molecule has 0 saturated carbocycles. The Hall–Kier alpha value is -4.07. The van der Waals surface area contributed by atoms with Crippen molar-refractivity contribution < 1.29 is 47.7 Å². The topological polar surface area (TPSA) is 194 Å². The van der Waals surface area contributed by atoms with Gasteiger partial charge in [0, 0.05) is 0 Å². The van der Waals surface area contributed by atoms with Crippen molar-refractivity contribution in [2.75, 3.05) is 14.2 Å². The Kier molecular flexibility index (Phi) is 15.1. The second-order valence-corrected chi connectivity index (χ2v) is 12.9. The molecule has 1 aromatic carbocycles. The average Bonchev–Trinajstić information content (AvgIpc) is 2.87. The van der Waals surface area contributed by atoms with Gasteiger partial charge in [0.05, 0.1) is 25.3 Å². The fourth-order valence-corrected chi connectivity index (χ4v) is 3.24. The van der Waals surface area contributed by atoms with E-state index in [0.29, 0.717) is 0 Å². The van der Waals surface area contributed by atoms with Crippen molar-refractivity contribution in [3.63, 3.8) is 0 Å². The largest absolute Gasteiger partial charge is 0.468 e. The van der Waals surface area contributed by atoms with Crippen molar-refractivity contribution in [1.82, 2.24) is 16.0 Å². The lowest BCUT2D eigenvalue weighted by Gasteiger charge is -2.34. The van der Waals surface area contributed by atoms with E-state index < -0.39 is 64.6 Å². The first kappa shape index (κ1) is 39.9. The summed E-state index contributed by atoms with van der Waals surface area (Å²) < 4.78 is 24.7. The number of nitrogens with two attached hydrogens (primary N) is 1. The molecule has 44 heavy (non-hydrogen) atoms. The summed E-state index contributed by atoms with van der Waals surface area (Å²) in [6.07, 6.45) is -2.16. The SMILES string of the molecule is COC(=O)[C@@H](N)C(C)(C)NC(=O)OC(C)(C)C.COC(=O)[C@@H](NC(=O)OCc1ccccc1)C(C)(C)NC(=O)OC(C)(C)C. The van der Waals surface area contributed by atoms with E-state index in [4.69, 9.17) is 24.7 Å². The Bertz CT molecular complexity index is 1110. The van der Waals surface area contributed by atoms with Crippen LogP contribution in [0.25, 0.3) is 0 Å². The first-order chi connectivity index (χ1) is 19.9. The Balaban J connectivity index is 0.000000938. The minimum absolute atomic E-state index is 0.0422. The van der Waals surface area contributed by atoms with Crippen molar-refractivity contribution in [2.24, 2.45) is 5.73 Å². The fourth-order valence-electron chi connectivity index (χ4n) is 3.24. The molecule has 0 heterocycles. The van der Waals surface area contributed by atoms with E-state index >= 15 is 0 Å². The van der Waals surface area contributed by atoms with Crippen molar-refractivity contribution in [1.29, 1.82) is 0 Å². The number of rotatable bonds is 9. The number of alkyl carbamates (subject to hydrolysis) is 3. The highest BCUT2D eigenvalue weighted by molar-refractivity contribution is 5.84. The zero-order chi connectivity index (χ0) is 34.5. The van der Waals surface area contributed by atoms with Crippen LogP contribution < -0.4 is 21.7 Å². The van der Waals surface area contributed by atoms with E-state index in [1.54, 1.807) is 81.4 Å². The maximum Gasteiger partial charge on any atom is 0.408 e. The molecule has 5 N–H and O–H groups in total. The summed E-state index contributed by atoms with van der Waals surface area (Å²) in [6.45, 7) is 16.8. The molecule has 0 aromatic heterocycles. The molecule has 0 bridgehead atoms. The monoisotopic (exact) mass is 626 g/mol. The smallest absolute Gasteiger partial charge is 0.408 e. The predicted molar refractivity (Wildman–Crippen MR) is 162 cm³/mol. The second-order valence-electron chi connectivity index (χ2n) is 12.9. The van der Waals surface area contributed by atoms with Gasteiger partial charge < -0.3 is 45.4 Å². The van der Waals surface area contributed by atoms with Crippen molar-refractivity contribution in [3.8, 4) is 0 Å². The van der Waals surface area contributed by atoms with E-state index in [0.717, 1.165) is 5.56 Å². The molecule has 0 saturated heterocycles. The van der Waals surface area contributed by atoms with Crippen LogP contribution in [0.3, 0.4) is 0 Å². The van der Waals surface area contributed by atoms with E-state index in [1.165, 1.54) is 14.2 Å². The molecular weight excluding hydrogens is 576 g/mol. The van der Waals surface area contributed by atoms with Gasteiger partial charge in [-0.25, -0.2) is 19.2 Å². The number of amides is 3. The lowest BCUT2D eigenvalue weighted by Crippen LogP contribution is -2.62. The summed E-state index contributed by atoms with van der Waals surface area (Å²) in [5.74, 6) is -1.32. The van der Waals surface area contributed by atoms with Gasteiger partial charge in [0.25, 0.3) is 0 Å². The van der Waals surface area contributed by atoms with Gasteiger partial charge in [-0.05, 0) is 74.8 Å².